The number of hydrogen-bond acceptors (Lipinski definition) is 8. The number of nitrogens with zero attached hydrogens (tertiary/aromatic N) is 3. The van der Waals surface area contributed by atoms with Crippen LogP contribution in [0.3, 0.4) is 0 Å². The lowest BCUT2D eigenvalue weighted by Crippen LogP contribution is -2.43. The number of benzene rings is 2. The Hall–Kier alpha value is -2.26. The highest BCUT2D eigenvalue weighted by molar-refractivity contribution is 7.99. The van der Waals surface area contributed by atoms with Gasteiger partial charge in [0.1, 0.15) is 0 Å². The van der Waals surface area contributed by atoms with E-state index in [1.54, 1.807) is 0 Å². The van der Waals surface area contributed by atoms with Gasteiger partial charge < -0.3 is 18.6 Å². The smallest absolute Gasteiger partial charge is 0.276 e. The number of hydrogen-bond donors (Lipinski definition) is 0. The van der Waals surface area contributed by atoms with Gasteiger partial charge >= 0.3 is 0 Å². The van der Waals surface area contributed by atoms with Crippen LogP contribution < -0.4 is 9.47 Å². The van der Waals surface area contributed by atoms with Gasteiger partial charge in [0.2, 0.25) is 12.7 Å². The summed E-state index contributed by atoms with van der Waals surface area (Å²) in [4.78, 5) is 2.36. The molecule has 2 aromatic carbocycles. The lowest BCUT2D eigenvalue weighted by molar-refractivity contribution is -0.0187. The van der Waals surface area contributed by atoms with Crippen LogP contribution in [0.25, 0.3) is 11.5 Å². The third-order valence-electron chi connectivity index (χ3n) is 4.99. The summed E-state index contributed by atoms with van der Waals surface area (Å²) in [5, 5.41) is 9.64. The van der Waals surface area contributed by atoms with Crippen LogP contribution in [-0.2, 0) is 11.3 Å². The molecule has 3 heterocycles. The van der Waals surface area contributed by atoms with E-state index in [1.807, 2.05) is 36.4 Å². The third kappa shape index (κ3) is 4.41. The molecule has 7 nitrogen and oxygen atoms in total. The minimum atomic E-state index is 0.0899. The summed E-state index contributed by atoms with van der Waals surface area (Å²) in [5.74, 6) is 2.61. The molecule has 0 N–H and O–H groups in total. The zero-order valence-corrected chi connectivity index (χ0v) is 17.7. The van der Waals surface area contributed by atoms with E-state index in [0.717, 1.165) is 47.3 Å². The number of aromatic nitrogens is 2. The fourth-order valence-corrected chi connectivity index (χ4v) is 4.43. The van der Waals surface area contributed by atoms with Crippen LogP contribution >= 0.6 is 23.4 Å². The van der Waals surface area contributed by atoms with Gasteiger partial charge in [0.15, 0.2) is 11.5 Å². The van der Waals surface area contributed by atoms with Crippen LogP contribution in [0.5, 0.6) is 11.5 Å². The Balaban J connectivity index is 1.17. The quantitative estimate of drug-likeness (QED) is 0.525. The van der Waals surface area contributed by atoms with Crippen molar-refractivity contribution in [3.63, 3.8) is 0 Å². The highest BCUT2D eigenvalue weighted by atomic mass is 35.5. The van der Waals surface area contributed by atoms with Crippen molar-refractivity contribution in [1.29, 1.82) is 0 Å². The van der Waals surface area contributed by atoms with Crippen LogP contribution in [-0.4, -0.2) is 53.4 Å². The van der Waals surface area contributed by atoms with E-state index >= 15 is 0 Å². The van der Waals surface area contributed by atoms with Crippen molar-refractivity contribution in [1.82, 2.24) is 15.1 Å². The summed E-state index contributed by atoms with van der Waals surface area (Å²) in [6, 6.07) is 13.5. The van der Waals surface area contributed by atoms with Gasteiger partial charge in [-0.05, 0) is 29.8 Å². The van der Waals surface area contributed by atoms with Gasteiger partial charge in [-0.2, -0.15) is 0 Å². The van der Waals surface area contributed by atoms with E-state index in [1.165, 1.54) is 11.8 Å². The Kier molecular flexibility index (Phi) is 5.81. The molecule has 3 aromatic rings. The molecule has 156 valence electrons. The first-order valence-corrected chi connectivity index (χ1v) is 11.0. The zero-order chi connectivity index (χ0) is 20.3. The van der Waals surface area contributed by atoms with Crippen LogP contribution in [0.2, 0.25) is 5.02 Å². The van der Waals surface area contributed by atoms with Gasteiger partial charge in [-0.1, -0.05) is 41.6 Å². The number of thioether (sulfide) groups is 1. The molecule has 30 heavy (non-hydrogen) atoms. The Morgan fingerprint density at radius 2 is 2.00 bits per heavy atom. The Morgan fingerprint density at radius 1 is 1.10 bits per heavy atom. The minimum Gasteiger partial charge on any atom is -0.454 e. The fraction of sp³-hybridized carbons (Fsp3) is 0.333. The van der Waals surface area contributed by atoms with Crippen molar-refractivity contribution in [3.05, 3.63) is 53.1 Å². The Labute approximate surface area is 183 Å². The van der Waals surface area contributed by atoms with E-state index in [2.05, 4.69) is 21.2 Å². The topological polar surface area (TPSA) is 69.9 Å². The van der Waals surface area contributed by atoms with Gasteiger partial charge in [0.25, 0.3) is 5.22 Å². The maximum atomic E-state index is 6.30. The molecular formula is C21H20ClN3O4S. The van der Waals surface area contributed by atoms with Gasteiger partial charge in [0, 0.05) is 36.0 Å². The second-order valence-corrected chi connectivity index (χ2v) is 8.45. The molecule has 1 aromatic heterocycles. The predicted molar refractivity (Wildman–Crippen MR) is 113 cm³/mol. The van der Waals surface area contributed by atoms with Crippen LogP contribution in [0.4, 0.5) is 0 Å². The van der Waals surface area contributed by atoms with Crippen molar-refractivity contribution in [2.24, 2.45) is 0 Å². The highest BCUT2D eigenvalue weighted by Crippen LogP contribution is 2.36. The zero-order valence-electron chi connectivity index (χ0n) is 16.1. The maximum Gasteiger partial charge on any atom is 0.276 e. The average molecular weight is 446 g/mol. The van der Waals surface area contributed by atoms with Crippen LogP contribution in [0, 0.1) is 0 Å². The fourth-order valence-electron chi connectivity index (χ4n) is 3.47. The molecule has 0 aliphatic carbocycles. The summed E-state index contributed by atoms with van der Waals surface area (Å²) < 4.78 is 22.5. The number of fused-ring (bicyclic) bond motifs is 1. The molecular weight excluding hydrogens is 426 g/mol. The Morgan fingerprint density at radius 3 is 2.93 bits per heavy atom. The van der Waals surface area contributed by atoms with Gasteiger partial charge in [-0.25, -0.2) is 0 Å². The number of morpholine rings is 1. The highest BCUT2D eigenvalue weighted by Gasteiger charge is 2.23. The van der Waals surface area contributed by atoms with Crippen molar-refractivity contribution < 1.29 is 18.6 Å². The molecule has 0 amide bonds. The molecule has 0 bridgehead atoms. The predicted octanol–water partition coefficient (Wildman–Crippen LogP) is 4.11. The molecule has 1 fully saturated rings. The first kappa shape index (κ1) is 19.7. The van der Waals surface area contributed by atoms with Crippen LogP contribution in [0.1, 0.15) is 5.56 Å². The maximum absolute atomic E-state index is 6.30. The Bertz CT molecular complexity index is 1030. The van der Waals surface area contributed by atoms with Crippen molar-refractivity contribution in [2.45, 2.75) is 17.9 Å². The standard InChI is InChI=1S/C21H20ClN3O4S/c22-17-4-2-1-3-15(17)10-25-7-8-26-16(11-25)12-30-21-24-23-20(29-21)14-5-6-18-19(9-14)28-13-27-18/h1-6,9,16H,7-8,10-13H2. The van der Waals surface area contributed by atoms with Crippen molar-refractivity contribution >= 4 is 23.4 Å². The first-order chi connectivity index (χ1) is 14.7. The molecule has 5 rings (SSSR count). The lowest BCUT2D eigenvalue weighted by Gasteiger charge is -2.32. The minimum absolute atomic E-state index is 0.0899. The summed E-state index contributed by atoms with van der Waals surface area (Å²) in [7, 11) is 0. The van der Waals surface area contributed by atoms with Gasteiger partial charge in [0.05, 0.1) is 12.7 Å². The summed E-state index contributed by atoms with van der Waals surface area (Å²) >= 11 is 7.81. The summed E-state index contributed by atoms with van der Waals surface area (Å²) in [6.45, 7) is 3.47. The molecule has 9 heteroatoms. The van der Waals surface area contributed by atoms with E-state index in [9.17, 15) is 0 Å². The molecule has 2 aliphatic heterocycles. The number of halogens is 1. The van der Waals surface area contributed by atoms with Crippen molar-refractivity contribution in [2.75, 3.05) is 32.2 Å². The van der Waals surface area contributed by atoms with E-state index in [0.29, 0.717) is 23.5 Å². The van der Waals surface area contributed by atoms with Crippen molar-refractivity contribution in [3.8, 4) is 23.0 Å². The summed E-state index contributed by atoms with van der Waals surface area (Å²) in [5.41, 5.74) is 1.94. The molecule has 0 radical (unpaired) electrons. The monoisotopic (exact) mass is 445 g/mol. The second-order valence-electron chi connectivity index (χ2n) is 7.07. The largest absolute Gasteiger partial charge is 0.454 e. The number of rotatable bonds is 6. The molecule has 1 unspecified atom stereocenters. The van der Waals surface area contributed by atoms with E-state index in [4.69, 9.17) is 30.2 Å². The van der Waals surface area contributed by atoms with Crippen LogP contribution in [0.15, 0.2) is 52.1 Å². The second kappa shape index (κ2) is 8.85. The molecule has 1 atom stereocenters. The molecule has 0 saturated carbocycles. The SMILES string of the molecule is Clc1ccccc1CN1CCOC(CSc2nnc(-c3ccc4c(c3)OCO4)o2)C1. The molecule has 1 saturated heterocycles. The van der Waals surface area contributed by atoms with E-state index in [-0.39, 0.29) is 12.9 Å². The molecule has 2 aliphatic rings. The normalized spacial score (nSPS) is 18.6. The first-order valence-electron chi connectivity index (χ1n) is 9.68. The number of ether oxygens (including phenoxy) is 3. The lowest BCUT2D eigenvalue weighted by atomic mass is 10.2. The van der Waals surface area contributed by atoms with Gasteiger partial charge in [-0.3, -0.25) is 4.90 Å². The van der Waals surface area contributed by atoms with E-state index < -0.39 is 0 Å². The average Bonchev–Trinajstić information content (AvgIpc) is 3.43. The van der Waals surface area contributed by atoms with Gasteiger partial charge in [-0.15, -0.1) is 10.2 Å². The summed E-state index contributed by atoms with van der Waals surface area (Å²) in [6.07, 6.45) is 0.0899. The molecule has 0 spiro atoms. The third-order valence-corrected chi connectivity index (χ3v) is 6.31.